The van der Waals surface area contributed by atoms with Crippen LogP contribution in [-0.2, 0) is 14.2 Å². The van der Waals surface area contributed by atoms with Crippen molar-refractivity contribution in [2.24, 2.45) is 0 Å². The van der Waals surface area contributed by atoms with Gasteiger partial charge in [0.1, 0.15) is 0 Å². The smallest absolute Gasteiger partial charge is 0.154 e. The van der Waals surface area contributed by atoms with E-state index in [-0.39, 0.29) is 11.9 Å². The van der Waals surface area contributed by atoms with E-state index in [2.05, 4.69) is 13.8 Å². The third-order valence-electron chi connectivity index (χ3n) is 3.30. The zero-order valence-corrected chi connectivity index (χ0v) is 13.5. The van der Waals surface area contributed by atoms with Crippen LogP contribution < -0.4 is 0 Å². The zero-order valence-electron chi connectivity index (χ0n) is 13.5. The molecule has 0 amide bonds. The lowest BCUT2D eigenvalue weighted by Gasteiger charge is -2.30. The first-order chi connectivity index (χ1) is 8.72. The van der Waals surface area contributed by atoms with E-state index in [0.29, 0.717) is 26.2 Å². The number of hydrogen-bond acceptors (Lipinski definition) is 4. The fraction of sp³-hybridized carbons (Fsp3) is 1.00. The highest BCUT2D eigenvalue weighted by atomic mass is 16.7. The largest absolute Gasteiger partial charge is 0.390 e. The van der Waals surface area contributed by atoms with Crippen molar-refractivity contribution in [2.45, 2.75) is 78.3 Å². The van der Waals surface area contributed by atoms with Gasteiger partial charge in [-0.3, -0.25) is 0 Å². The minimum atomic E-state index is -0.672. The second-order valence-corrected chi connectivity index (χ2v) is 5.86. The molecule has 2 unspecified atom stereocenters. The number of hydrogen-bond donors (Lipinski definition) is 1. The highest BCUT2D eigenvalue weighted by molar-refractivity contribution is 4.74. The Morgan fingerprint density at radius 3 is 2.11 bits per heavy atom. The molecule has 0 aromatic rings. The van der Waals surface area contributed by atoms with Crippen LogP contribution >= 0.6 is 0 Å². The van der Waals surface area contributed by atoms with E-state index >= 15 is 0 Å². The van der Waals surface area contributed by atoms with Gasteiger partial charge in [0.15, 0.2) is 6.29 Å². The standard InChI is InChI=1S/C15H32O4/c1-7-15(6,19-12-9-14(4,5)16)10-11-18-13(3)17-8-2/h13,16H,7-12H2,1-6H3. The summed E-state index contributed by atoms with van der Waals surface area (Å²) in [6.07, 6.45) is 2.22. The first-order valence-electron chi connectivity index (χ1n) is 7.32. The van der Waals surface area contributed by atoms with Gasteiger partial charge >= 0.3 is 0 Å². The van der Waals surface area contributed by atoms with Crippen LogP contribution in [0.25, 0.3) is 0 Å². The van der Waals surface area contributed by atoms with Crippen molar-refractivity contribution < 1.29 is 19.3 Å². The van der Waals surface area contributed by atoms with Crippen LogP contribution in [0, 0.1) is 0 Å². The fourth-order valence-corrected chi connectivity index (χ4v) is 1.62. The Bertz CT molecular complexity index is 225. The van der Waals surface area contributed by atoms with E-state index in [4.69, 9.17) is 14.2 Å². The average Bonchev–Trinajstić information content (AvgIpc) is 2.27. The van der Waals surface area contributed by atoms with Crippen LogP contribution in [0.5, 0.6) is 0 Å². The van der Waals surface area contributed by atoms with Crippen LogP contribution in [-0.4, -0.2) is 42.4 Å². The summed E-state index contributed by atoms with van der Waals surface area (Å²) in [5.74, 6) is 0. The number of rotatable bonds is 11. The summed E-state index contributed by atoms with van der Waals surface area (Å²) in [4.78, 5) is 0. The molecule has 0 spiro atoms. The predicted octanol–water partition coefficient (Wildman–Crippen LogP) is 3.12. The maximum absolute atomic E-state index is 9.67. The van der Waals surface area contributed by atoms with Gasteiger partial charge in [0.2, 0.25) is 0 Å². The molecule has 0 saturated carbocycles. The second kappa shape index (κ2) is 8.90. The molecular formula is C15H32O4. The van der Waals surface area contributed by atoms with Gasteiger partial charge in [-0.25, -0.2) is 0 Å². The molecule has 0 aromatic carbocycles. The van der Waals surface area contributed by atoms with E-state index in [0.717, 1.165) is 12.8 Å². The Hall–Kier alpha value is -0.160. The minimum absolute atomic E-state index is 0.164. The van der Waals surface area contributed by atoms with Crippen LogP contribution in [0.4, 0.5) is 0 Å². The molecule has 19 heavy (non-hydrogen) atoms. The van der Waals surface area contributed by atoms with Crippen molar-refractivity contribution in [3.05, 3.63) is 0 Å². The van der Waals surface area contributed by atoms with E-state index in [1.54, 1.807) is 13.8 Å². The summed E-state index contributed by atoms with van der Waals surface area (Å²) in [5.41, 5.74) is -0.869. The molecule has 0 aliphatic rings. The van der Waals surface area contributed by atoms with Gasteiger partial charge in [-0.15, -0.1) is 0 Å². The van der Waals surface area contributed by atoms with Crippen LogP contribution in [0.1, 0.15) is 60.8 Å². The van der Waals surface area contributed by atoms with E-state index in [1.807, 2.05) is 13.8 Å². The molecule has 0 aliphatic heterocycles. The predicted molar refractivity (Wildman–Crippen MR) is 77.2 cm³/mol. The topological polar surface area (TPSA) is 47.9 Å². The molecule has 1 N–H and O–H groups in total. The van der Waals surface area contributed by atoms with E-state index in [9.17, 15) is 5.11 Å². The Balaban J connectivity index is 3.95. The van der Waals surface area contributed by atoms with Crippen molar-refractivity contribution in [1.29, 1.82) is 0 Å². The summed E-state index contributed by atoms with van der Waals surface area (Å²) in [5, 5.41) is 9.67. The molecule has 0 rings (SSSR count). The first kappa shape index (κ1) is 18.8. The normalized spacial score (nSPS) is 17.2. The summed E-state index contributed by atoms with van der Waals surface area (Å²) < 4.78 is 16.8. The lowest BCUT2D eigenvalue weighted by Crippen LogP contribution is -2.33. The zero-order chi connectivity index (χ0) is 14.9. The SMILES string of the molecule is CCOC(C)OCCC(C)(CC)OCCC(C)(C)O. The van der Waals surface area contributed by atoms with Gasteiger partial charge in [0.25, 0.3) is 0 Å². The van der Waals surface area contributed by atoms with Gasteiger partial charge in [-0.1, -0.05) is 6.92 Å². The van der Waals surface area contributed by atoms with Crippen molar-refractivity contribution in [1.82, 2.24) is 0 Å². The fourth-order valence-electron chi connectivity index (χ4n) is 1.62. The lowest BCUT2D eigenvalue weighted by molar-refractivity contribution is -0.143. The van der Waals surface area contributed by atoms with Crippen molar-refractivity contribution >= 4 is 0 Å². The third-order valence-corrected chi connectivity index (χ3v) is 3.30. The Labute approximate surface area is 118 Å². The summed E-state index contributed by atoms with van der Waals surface area (Å²) in [6, 6.07) is 0. The molecule has 0 fully saturated rings. The highest BCUT2D eigenvalue weighted by Crippen LogP contribution is 2.22. The number of aliphatic hydroxyl groups is 1. The van der Waals surface area contributed by atoms with Crippen LogP contribution in [0.3, 0.4) is 0 Å². The molecule has 0 heterocycles. The van der Waals surface area contributed by atoms with Crippen molar-refractivity contribution in [3.8, 4) is 0 Å². The molecule has 4 nitrogen and oxygen atoms in total. The average molecular weight is 276 g/mol. The molecule has 0 radical (unpaired) electrons. The summed E-state index contributed by atoms with van der Waals surface area (Å²) in [7, 11) is 0. The quantitative estimate of drug-likeness (QED) is 0.589. The van der Waals surface area contributed by atoms with Gasteiger partial charge in [0, 0.05) is 6.61 Å². The van der Waals surface area contributed by atoms with Gasteiger partial charge in [-0.05, 0) is 53.9 Å². The second-order valence-electron chi connectivity index (χ2n) is 5.86. The maximum Gasteiger partial charge on any atom is 0.154 e. The molecular weight excluding hydrogens is 244 g/mol. The maximum atomic E-state index is 9.67. The van der Waals surface area contributed by atoms with Gasteiger partial charge in [-0.2, -0.15) is 0 Å². The molecule has 0 saturated heterocycles. The Kier molecular flexibility index (Phi) is 8.83. The summed E-state index contributed by atoms with van der Waals surface area (Å²) >= 11 is 0. The molecule has 0 bridgehead atoms. The molecule has 116 valence electrons. The van der Waals surface area contributed by atoms with E-state index in [1.165, 1.54) is 0 Å². The third kappa shape index (κ3) is 10.3. The minimum Gasteiger partial charge on any atom is -0.390 e. The Morgan fingerprint density at radius 2 is 1.63 bits per heavy atom. The Morgan fingerprint density at radius 1 is 1.00 bits per heavy atom. The van der Waals surface area contributed by atoms with Gasteiger partial charge in [0.05, 0.1) is 24.4 Å². The molecule has 2 atom stereocenters. The van der Waals surface area contributed by atoms with Crippen molar-refractivity contribution in [3.63, 3.8) is 0 Å². The van der Waals surface area contributed by atoms with E-state index < -0.39 is 5.60 Å². The lowest BCUT2D eigenvalue weighted by atomic mass is 9.99. The van der Waals surface area contributed by atoms with Gasteiger partial charge < -0.3 is 19.3 Å². The molecule has 0 aliphatic carbocycles. The van der Waals surface area contributed by atoms with Crippen molar-refractivity contribution in [2.75, 3.05) is 19.8 Å². The first-order valence-corrected chi connectivity index (χ1v) is 7.32. The monoisotopic (exact) mass is 276 g/mol. The highest BCUT2D eigenvalue weighted by Gasteiger charge is 2.24. The van der Waals surface area contributed by atoms with Crippen LogP contribution in [0.2, 0.25) is 0 Å². The summed E-state index contributed by atoms with van der Waals surface area (Å²) in [6.45, 7) is 13.5. The molecule has 0 aromatic heterocycles. The van der Waals surface area contributed by atoms with Crippen LogP contribution in [0.15, 0.2) is 0 Å². The molecule has 4 heteroatoms. The number of ether oxygens (including phenoxy) is 3.